The number of hydrogen-bond acceptors (Lipinski definition) is 4. The van der Waals surface area contributed by atoms with E-state index in [0.717, 1.165) is 9.88 Å². The Balaban J connectivity index is 3.09. The Morgan fingerprint density at radius 2 is 2.46 bits per heavy atom. The molecular formula is C9H11N3S. The molecule has 0 radical (unpaired) electrons. The van der Waals surface area contributed by atoms with Crippen LogP contribution in [0.1, 0.15) is 23.2 Å². The molecule has 0 aliphatic heterocycles. The number of hydrogen-bond donors (Lipinski definition) is 1. The first-order valence-corrected chi connectivity index (χ1v) is 4.82. The minimum Gasteiger partial charge on any atom is -0.397 e. The first-order chi connectivity index (χ1) is 6.19. The zero-order chi connectivity index (χ0) is 9.84. The second kappa shape index (κ2) is 4.06. The lowest BCUT2D eigenvalue weighted by atomic mass is 10.1. The van der Waals surface area contributed by atoms with Crippen molar-refractivity contribution in [3.8, 4) is 6.07 Å². The van der Waals surface area contributed by atoms with Crippen LogP contribution in [-0.4, -0.2) is 4.98 Å². The van der Waals surface area contributed by atoms with Crippen LogP contribution in [-0.2, 0) is 0 Å². The van der Waals surface area contributed by atoms with Crippen LogP contribution in [0.25, 0.3) is 5.70 Å². The van der Waals surface area contributed by atoms with E-state index in [1.807, 2.05) is 13.8 Å². The fourth-order valence-electron chi connectivity index (χ4n) is 0.964. The minimum atomic E-state index is 0.565. The van der Waals surface area contributed by atoms with Gasteiger partial charge in [-0.2, -0.15) is 5.26 Å². The van der Waals surface area contributed by atoms with Gasteiger partial charge in [-0.05, 0) is 13.3 Å². The van der Waals surface area contributed by atoms with Gasteiger partial charge in [-0.3, -0.25) is 0 Å². The molecule has 0 amide bonds. The van der Waals surface area contributed by atoms with Gasteiger partial charge in [0.15, 0.2) is 0 Å². The molecule has 0 bridgehead atoms. The van der Waals surface area contributed by atoms with Crippen molar-refractivity contribution in [1.82, 2.24) is 4.98 Å². The third-order valence-corrected chi connectivity index (χ3v) is 2.65. The molecular weight excluding hydrogens is 182 g/mol. The van der Waals surface area contributed by atoms with Crippen LogP contribution >= 0.6 is 11.3 Å². The van der Waals surface area contributed by atoms with Crippen LogP contribution in [0.2, 0.25) is 0 Å². The summed E-state index contributed by atoms with van der Waals surface area (Å²) in [5, 5.41) is 9.73. The molecule has 0 spiro atoms. The Kier molecular flexibility index (Phi) is 3.04. The van der Waals surface area contributed by atoms with Gasteiger partial charge in [0.1, 0.15) is 0 Å². The van der Waals surface area contributed by atoms with Crippen LogP contribution in [0.3, 0.4) is 0 Å². The van der Waals surface area contributed by atoms with E-state index in [-0.39, 0.29) is 0 Å². The van der Waals surface area contributed by atoms with E-state index in [4.69, 9.17) is 11.0 Å². The quantitative estimate of drug-likeness (QED) is 0.731. The summed E-state index contributed by atoms with van der Waals surface area (Å²) in [5.74, 6) is 0. The van der Waals surface area contributed by atoms with E-state index in [1.165, 1.54) is 11.3 Å². The standard InChI is InChI=1S/C9H11N3S/c1-3-7(4-10)9(11)8-5-12-6(2)13-8/h5H,3,11H2,1-2H3. The number of nitrogens with zero attached hydrogens (tertiary/aromatic N) is 2. The molecule has 4 heteroatoms. The molecule has 0 aliphatic rings. The molecule has 3 nitrogen and oxygen atoms in total. The summed E-state index contributed by atoms with van der Waals surface area (Å²) in [4.78, 5) is 4.97. The first-order valence-electron chi connectivity index (χ1n) is 4.00. The number of thiazole rings is 1. The monoisotopic (exact) mass is 193 g/mol. The predicted octanol–water partition coefficient (Wildman–Crippen LogP) is 2.05. The van der Waals surface area contributed by atoms with E-state index in [0.29, 0.717) is 17.7 Å². The largest absolute Gasteiger partial charge is 0.397 e. The number of allylic oxidation sites excluding steroid dienone is 1. The zero-order valence-electron chi connectivity index (χ0n) is 7.66. The average Bonchev–Trinajstić information content (AvgIpc) is 2.54. The van der Waals surface area contributed by atoms with Gasteiger partial charge < -0.3 is 5.73 Å². The molecule has 1 heterocycles. The highest BCUT2D eigenvalue weighted by atomic mass is 32.1. The molecule has 0 fully saturated rings. The van der Waals surface area contributed by atoms with Gasteiger partial charge in [-0.1, -0.05) is 6.92 Å². The van der Waals surface area contributed by atoms with Gasteiger partial charge in [-0.25, -0.2) is 4.98 Å². The topological polar surface area (TPSA) is 62.7 Å². The summed E-state index contributed by atoms with van der Waals surface area (Å²) in [6.07, 6.45) is 2.38. The molecule has 1 aromatic heterocycles. The van der Waals surface area contributed by atoms with Gasteiger partial charge in [0.2, 0.25) is 0 Å². The third kappa shape index (κ3) is 2.07. The normalized spacial score (nSPS) is 12.1. The van der Waals surface area contributed by atoms with E-state index in [9.17, 15) is 0 Å². The predicted molar refractivity (Wildman–Crippen MR) is 53.9 cm³/mol. The summed E-state index contributed by atoms with van der Waals surface area (Å²) >= 11 is 1.51. The molecule has 0 aromatic carbocycles. The third-order valence-electron chi connectivity index (χ3n) is 1.70. The Labute approximate surface area is 81.5 Å². The van der Waals surface area contributed by atoms with Crippen molar-refractivity contribution >= 4 is 17.0 Å². The van der Waals surface area contributed by atoms with Gasteiger partial charge >= 0.3 is 0 Å². The van der Waals surface area contributed by atoms with Gasteiger partial charge in [-0.15, -0.1) is 11.3 Å². The lowest BCUT2D eigenvalue weighted by Gasteiger charge is -1.98. The van der Waals surface area contributed by atoms with Crippen LogP contribution in [0.15, 0.2) is 11.8 Å². The molecule has 0 saturated carbocycles. The highest BCUT2D eigenvalue weighted by molar-refractivity contribution is 7.12. The molecule has 1 rings (SSSR count). The zero-order valence-corrected chi connectivity index (χ0v) is 8.48. The molecule has 0 unspecified atom stereocenters. The van der Waals surface area contributed by atoms with E-state index < -0.39 is 0 Å². The number of rotatable bonds is 2. The SMILES string of the molecule is CCC(C#N)=C(N)c1cnc(C)s1. The van der Waals surface area contributed by atoms with Crippen LogP contribution in [0.5, 0.6) is 0 Å². The van der Waals surface area contributed by atoms with Crippen LogP contribution < -0.4 is 5.73 Å². The fraction of sp³-hybridized carbons (Fsp3) is 0.333. The fourth-order valence-corrected chi connectivity index (χ4v) is 1.73. The van der Waals surface area contributed by atoms with Crippen molar-refractivity contribution in [2.75, 3.05) is 0 Å². The average molecular weight is 193 g/mol. The molecule has 0 saturated heterocycles. The summed E-state index contributed by atoms with van der Waals surface area (Å²) < 4.78 is 0. The first kappa shape index (κ1) is 9.75. The van der Waals surface area contributed by atoms with E-state index in [1.54, 1.807) is 6.20 Å². The number of nitriles is 1. The second-order valence-corrected chi connectivity index (χ2v) is 3.84. The van der Waals surface area contributed by atoms with Crippen LogP contribution in [0, 0.1) is 18.3 Å². The molecule has 2 N–H and O–H groups in total. The Bertz CT molecular complexity index is 370. The minimum absolute atomic E-state index is 0.565. The summed E-state index contributed by atoms with van der Waals surface area (Å²) in [7, 11) is 0. The maximum atomic E-state index is 8.76. The van der Waals surface area contributed by atoms with E-state index in [2.05, 4.69) is 11.1 Å². The molecule has 13 heavy (non-hydrogen) atoms. The van der Waals surface area contributed by atoms with Gasteiger partial charge in [0.25, 0.3) is 0 Å². The number of aryl methyl sites for hydroxylation is 1. The van der Waals surface area contributed by atoms with Crippen molar-refractivity contribution in [3.63, 3.8) is 0 Å². The smallest absolute Gasteiger partial charge is 0.0969 e. The number of aromatic nitrogens is 1. The van der Waals surface area contributed by atoms with E-state index >= 15 is 0 Å². The lowest BCUT2D eigenvalue weighted by Crippen LogP contribution is -1.98. The summed E-state index contributed by atoms with van der Waals surface area (Å²) in [5.41, 5.74) is 6.99. The Morgan fingerprint density at radius 1 is 1.77 bits per heavy atom. The van der Waals surface area contributed by atoms with Crippen molar-refractivity contribution in [1.29, 1.82) is 5.26 Å². The maximum absolute atomic E-state index is 8.76. The Hall–Kier alpha value is -1.34. The second-order valence-electron chi connectivity index (χ2n) is 2.60. The van der Waals surface area contributed by atoms with Gasteiger partial charge in [0, 0.05) is 6.20 Å². The molecule has 0 aliphatic carbocycles. The molecule has 68 valence electrons. The van der Waals surface area contributed by atoms with Crippen molar-refractivity contribution in [3.05, 3.63) is 21.7 Å². The Morgan fingerprint density at radius 3 is 2.85 bits per heavy atom. The summed E-state index contributed by atoms with van der Waals surface area (Å²) in [6, 6.07) is 2.09. The lowest BCUT2D eigenvalue weighted by molar-refractivity contribution is 1.15. The van der Waals surface area contributed by atoms with Crippen molar-refractivity contribution in [2.45, 2.75) is 20.3 Å². The number of nitrogens with two attached hydrogens (primary N) is 1. The molecule has 0 atom stereocenters. The highest BCUT2D eigenvalue weighted by Gasteiger charge is 2.06. The van der Waals surface area contributed by atoms with Gasteiger partial charge in [0.05, 0.1) is 27.2 Å². The van der Waals surface area contributed by atoms with Crippen molar-refractivity contribution < 1.29 is 0 Å². The highest BCUT2D eigenvalue weighted by Crippen LogP contribution is 2.21. The van der Waals surface area contributed by atoms with Crippen LogP contribution in [0.4, 0.5) is 0 Å². The van der Waals surface area contributed by atoms with Crippen molar-refractivity contribution in [2.24, 2.45) is 5.73 Å². The molecule has 1 aromatic rings. The summed E-state index contributed by atoms with van der Waals surface area (Å²) in [6.45, 7) is 3.83. The maximum Gasteiger partial charge on any atom is 0.0969 e.